The number of hydrogen-bond acceptors (Lipinski definition) is 3. The van der Waals surface area contributed by atoms with Gasteiger partial charge in [0.1, 0.15) is 5.75 Å². The van der Waals surface area contributed by atoms with Gasteiger partial charge in [-0.1, -0.05) is 42.0 Å². The molecule has 0 fully saturated rings. The lowest BCUT2D eigenvalue weighted by Crippen LogP contribution is -2.19. The molecule has 2 N–H and O–H groups in total. The van der Waals surface area contributed by atoms with Gasteiger partial charge < -0.3 is 5.11 Å². The van der Waals surface area contributed by atoms with Crippen LogP contribution < -0.4 is 5.43 Å². The average molecular weight is 268 g/mol. The summed E-state index contributed by atoms with van der Waals surface area (Å²) in [6.07, 6.45) is 1.84. The van der Waals surface area contributed by atoms with Crippen molar-refractivity contribution in [3.05, 3.63) is 65.2 Å². The van der Waals surface area contributed by atoms with Crippen LogP contribution in [0.4, 0.5) is 0 Å². The number of hydrogen-bond donors (Lipinski definition) is 2. The highest BCUT2D eigenvalue weighted by molar-refractivity contribution is 5.83. The van der Waals surface area contributed by atoms with Gasteiger partial charge in [0.25, 0.3) is 0 Å². The lowest BCUT2D eigenvalue weighted by atomic mass is 10.1. The summed E-state index contributed by atoms with van der Waals surface area (Å²) in [4.78, 5) is 11.7. The zero-order valence-electron chi connectivity index (χ0n) is 11.2. The second kappa shape index (κ2) is 6.52. The highest BCUT2D eigenvalue weighted by Crippen LogP contribution is 2.09. The number of hydrazone groups is 1. The smallest absolute Gasteiger partial charge is 0.244 e. The van der Waals surface area contributed by atoms with Crippen LogP contribution in [-0.4, -0.2) is 17.2 Å². The molecule has 0 radical (unpaired) electrons. The Hall–Kier alpha value is -2.62. The standard InChI is InChI=1S/C16H16N2O2/c1-12-3-2-4-14(9-12)11-17-18-16(20)10-13-5-7-15(19)8-6-13/h2-9,11,19H,10H2,1H3,(H,18,20)/b17-11-. The Balaban J connectivity index is 1.87. The molecule has 0 aliphatic heterocycles. The van der Waals surface area contributed by atoms with E-state index in [1.807, 2.05) is 31.2 Å². The third-order valence-electron chi connectivity index (χ3n) is 2.75. The molecule has 0 aliphatic rings. The van der Waals surface area contributed by atoms with Gasteiger partial charge in [0.2, 0.25) is 5.91 Å². The van der Waals surface area contributed by atoms with Crippen LogP contribution in [0.2, 0.25) is 0 Å². The lowest BCUT2D eigenvalue weighted by Gasteiger charge is -2.01. The number of phenols is 1. The molecular formula is C16H16N2O2. The quantitative estimate of drug-likeness (QED) is 0.660. The third-order valence-corrected chi connectivity index (χ3v) is 2.75. The lowest BCUT2D eigenvalue weighted by molar-refractivity contribution is -0.120. The largest absolute Gasteiger partial charge is 0.508 e. The zero-order valence-corrected chi connectivity index (χ0v) is 11.2. The van der Waals surface area contributed by atoms with Crippen LogP contribution in [-0.2, 0) is 11.2 Å². The Labute approximate surface area is 117 Å². The first-order chi connectivity index (χ1) is 9.63. The Morgan fingerprint density at radius 1 is 1.25 bits per heavy atom. The maximum absolute atomic E-state index is 11.7. The van der Waals surface area contributed by atoms with Gasteiger partial charge >= 0.3 is 0 Å². The van der Waals surface area contributed by atoms with Gasteiger partial charge in [-0.25, -0.2) is 5.43 Å². The van der Waals surface area contributed by atoms with E-state index in [1.165, 1.54) is 0 Å². The number of carbonyl (C=O) groups excluding carboxylic acids is 1. The van der Waals surface area contributed by atoms with Crippen molar-refractivity contribution in [2.24, 2.45) is 5.10 Å². The minimum absolute atomic E-state index is 0.187. The number of phenolic OH excluding ortho intramolecular Hbond substituents is 1. The van der Waals surface area contributed by atoms with Crippen LogP contribution >= 0.6 is 0 Å². The second-order valence-corrected chi connectivity index (χ2v) is 4.55. The van der Waals surface area contributed by atoms with Crippen molar-refractivity contribution >= 4 is 12.1 Å². The van der Waals surface area contributed by atoms with E-state index >= 15 is 0 Å². The average Bonchev–Trinajstić information content (AvgIpc) is 2.41. The van der Waals surface area contributed by atoms with Gasteiger partial charge in [0.05, 0.1) is 12.6 Å². The summed E-state index contributed by atoms with van der Waals surface area (Å²) < 4.78 is 0. The Bertz CT molecular complexity index is 619. The molecule has 1 amide bonds. The Kier molecular flexibility index (Phi) is 4.50. The first-order valence-electron chi connectivity index (χ1n) is 6.30. The SMILES string of the molecule is Cc1cccc(/C=N\NC(=O)Cc2ccc(O)cc2)c1. The summed E-state index contributed by atoms with van der Waals surface area (Å²) in [5.41, 5.74) is 5.39. The topological polar surface area (TPSA) is 61.7 Å². The fourth-order valence-corrected chi connectivity index (χ4v) is 1.77. The predicted octanol–water partition coefficient (Wildman–Crippen LogP) is 2.39. The molecule has 0 aromatic heterocycles. The molecule has 4 heteroatoms. The normalized spacial score (nSPS) is 10.7. The van der Waals surface area contributed by atoms with E-state index in [0.29, 0.717) is 0 Å². The molecule has 0 unspecified atom stereocenters. The van der Waals surface area contributed by atoms with E-state index in [1.54, 1.807) is 30.5 Å². The van der Waals surface area contributed by atoms with E-state index in [4.69, 9.17) is 5.11 Å². The summed E-state index contributed by atoms with van der Waals surface area (Å²) in [7, 11) is 0. The molecule has 0 heterocycles. The van der Waals surface area contributed by atoms with Crippen LogP contribution in [0.3, 0.4) is 0 Å². The minimum atomic E-state index is -0.195. The van der Waals surface area contributed by atoms with Crippen molar-refractivity contribution in [1.29, 1.82) is 0 Å². The van der Waals surface area contributed by atoms with E-state index in [9.17, 15) is 4.79 Å². The van der Waals surface area contributed by atoms with Gasteiger partial charge in [-0.05, 0) is 30.2 Å². The van der Waals surface area contributed by atoms with E-state index < -0.39 is 0 Å². The summed E-state index contributed by atoms with van der Waals surface area (Å²) in [5, 5.41) is 13.1. The van der Waals surface area contributed by atoms with Crippen molar-refractivity contribution in [1.82, 2.24) is 5.43 Å². The van der Waals surface area contributed by atoms with E-state index in [-0.39, 0.29) is 18.1 Å². The first-order valence-corrected chi connectivity index (χ1v) is 6.30. The van der Waals surface area contributed by atoms with Gasteiger partial charge in [-0.15, -0.1) is 0 Å². The summed E-state index contributed by atoms with van der Waals surface area (Å²) in [6, 6.07) is 14.4. The van der Waals surface area contributed by atoms with Crippen molar-refractivity contribution in [3.63, 3.8) is 0 Å². The molecule has 102 valence electrons. The predicted molar refractivity (Wildman–Crippen MR) is 78.7 cm³/mol. The molecule has 20 heavy (non-hydrogen) atoms. The zero-order chi connectivity index (χ0) is 14.4. The van der Waals surface area contributed by atoms with Crippen LogP contribution in [0.25, 0.3) is 0 Å². The third kappa shape index (κ3) is 4.24. The minimum Gasteiger partial charge on any atom is -0.508 e. The monoisotopic (exact) mass is 268 g/mol. The Morgan fingerprint density at radius 3 is 2.70 bits per heavy atom. The van der Waals surface area contributed by atoms with Crippen LogP contribution in [0.1, 0.15) is 16.7 Å². The van der Waals surface area contributed by atoms with E-state index in [2.05, 4.69) is 10.5 Å². The van der Waals surface area contributed by atoms with Gasteiger partial charge in [-0.3, -0.25) is 4.79 Å². The highest BCUT2D eigenvalue weighted by atomic mass is 16.3. The maximum atomic E-state index is 11.7. The summed E-state index contributed by atoms with van der Waals surface area (Å²) >= 11 is 0. The molecule has 0 saturated carbocycles. The maximum Gasteiger partial charge on any atom is 0.244 e. The molecule has 2 rings (SSSR count). The van der Waals surface area contributed by atoms with Crippen molar-refractivity contribution in [2.45, 2.75) is 13.3 Å². The molecule has 0 saturated heterocycles. The number of amides is 1. The molecule has 2 aromatic carbocycles. The van der Waals surface area contributed by atoms with Crippen molar-refractivity contribution in [3.8, 4) is 5.75 Å². The summed E-state index contributed by atoms with van der Waals surface area (Å²) in [6.45, 7) is 2.00. The summed E-state index contributed by atoms with van der Waals surface area (Å²) in [5.74, 6) is -0.00813. The van der Waals surface area contributed by atoms with Crippen LogP contribution in [0, 0.1) is 6.92 Å². The first kappa shape index (κ1) is 13.8. The number of carbonyl (C=O) groups is 1. The number of nitrogens with one attached hydrogen (secondary N) is 1. The molecule has 0 spiro atoms. The molecule has 0 bridgehead atoms. The van der Waals surface area contributed by atoms with Gasteiger partial charge in [0, 0.05) is 0 Å². The molecular weight excluding hydrogens is 252 g/mol. The number of aryl methyl sites for hydroxylation is 1. The highest BCUT2D eigenvalue weighted by Gasteiger charge is 2.01. The number of nitrogens with zero attached hydrogens (tertiary/aromatic N) is 1. The van der Waals surface area contributed by atoms with Gasteiger partial charge in [-0.2, -0.15) is 5.10 Å². The van der Waals surface area contributed by atoms with Gasteiger partial charge in [0.15, 0.2) is 0 Å². The number of aromatic hydroxyl groups is 1. The molecule has 0 aliphatic carbocycles. The fraction of sp³-hybridized carbons (Fsp3) is 0.125. The molecule has 2 aromatic rings. The van der Waals surface area contributed by atoms with Crippen LogP contribution in [0.5, 0.6) is 5.75 Å². The van der Waals surface area contributed by atoms with Crippen LogP contribution in [0.15, 0.2) is 53.6 Å². The number of benzene rings is 2. The van der Waals surface area contributed by atoms with E-state index in [0.717, 1.165) is 16.7 Å². The van der Waals surface area contributed by atoms with Crippen molar-refractivity contribution < 1.29 is 9.90 Å². The second-order valence-electron chi connectivity index (χ2n) is 4.55. The molecule has 0 atom stereocenters. The Morgan fingerprint density at radius 2 is 2.00 bits per heavy atom. The fourth-order valence-electron chi connectivity index (χ4n) is 1.77. The molecule has 4 nitrogen and oxygen atoms in total. The van der Waals surface area contributed by atoms with Crippen molar-refractivity contribution in [2.75, 3.05) is 0 Å². The number of rotatable bonds is 4.